The molecule has 2 unspecified atom stereocenters. The summed E-state index contributed by atoms with van der Waals surface area (Å²) < 4.78 is 5.13. The summed E-state index contributed by atoms with van der Waals surface area (Å²) in [5.74, 6) is 0.727. The highest BCUT2D eigenvalue weighted by atomic mass is 16.5. The lowest BCUT2D eigenvalue weighted by Crippen LogP contribution is -2.44. The lowest BCUT2D eigenvalue weighted by atomic mass is 9.94. The Balaban J connectivity index is 2.27. The van der Waals surface area contributed by atoms with Crippen LogP contribution in [-0.4, -0.2) is 42.9 Å². The molecule has 0 aliphatic carbocycles. The topological polar surface area (TPSA) is 84.6 Å². The van der Waals surface area contributed by atoms with Gasteiger partial charge in [-0.3, -0.25) is 4.79 Å². The largest absolute Gasteiger partial charge is 0.386 e. The van der Waals surface area contributed by atoms with Gasteiger partial charge in [-0.1, -0.05) is 13.8 Å². The van der Waals surface area contributed by atoms with Crippen LogP contribution in [0.15, 0.2) is 0 Å². The molecule has 0 radical (unpaired) electrons. The Kier molecular flexibility index (Phi) is 6.05. The zero-order valence-corrected chi connectivity index (χ0v) is 11.4. The van der Waals surface area contributed by atoms with Gasteiger partial charge in [0.2, 0.25) is 5.91 Å². The van der Waals surface area contributed by atoms with Crippen molar-refractivity contribution in [3.8, 4) is 0 Å². The second kappa shape index (κ2) is 7.07. The molecule has 106 valence electrons. The van der Waals surface area contributed by atoms with E-state index in [9.17, 15) is 9.90 Å². The molecule has 5 nitrogen and oxygen atoms in total. The number of aliphatic hydroxyl groups is 1. The quantitative estimate of drug-likeness (QED) is 0.612. The first kappa shape index (κ1) is 15.4. The number of rotatable bonds is 7. The fourth-order valence-corrected chi connectivity index (χ4v) is 2.26. The van der Waals surface area contributed by atoms with Crippen LogP contribution in [0.5, 0.6) is 0 Å². The van der Waals surface area contributed by atoms with Gasteiger partial charge in [-0.15, -0.1) is 0 Å². The maximum Gasteiger partial charge on any atom is 0.220 e. The molecule has 1 fully saturated rings. The summed E-state index contributed by atoms with van der Waals surface area (Å²) in [6, 6.07) is 0. The molecule has 4 N–H and O–H groups in total. The highest BCUT2D eigenvalue weighted by Gasteiger charge is 2.32. The second-order valence-corrected chi connectivity index (χ2v) is 5.74. The SMILES string of the molecule is CC(C)CC(CN)CC(=O)NCC1(O)CCOC1. The van der Waals surface area contributed by atoms with Crippen molar-refractivity contribution in [1.82, 2.24) is 5.32 Å². The first-order valence-corrected chi connectivity index (χ1v) is 6.72. The minimum Gasteiger partial charge on any atom is -0.386 e. The van der Waals surface area contributed by atoms with Gasteiger partial charge in [-0.2, -0.15) is 0 Å². The zero-order valence-electron chi connectivity index (χ0n) is 11.4. The molecule has 1 aliphatic rings. The first-order chi connectivity index (χ1) is 8.45. The number of amides is 1. The number of carbonyl (C=O) groups is 1. The van der Waals surface area contributed by atoms with Gasteiger partial charge >= 0.3 is 0 Å². The third-order valence-corrected chi connectivity index (χ3v) is 3.31. The van der Waals surface area contributed by atoms with E-state index in [1.807, 2.05) is 0 Å². The monoisotopic (exact) mass is 258 g/mol. The summed E-state index contributed by atoms with van der Waals surface area (Å²) in [6.45, 7) is 5.91. The molecule has 0 aromatic rings. The molecule has 0 bridgehead atoms. The number of hydrogen-bond acceptors (Lipinski definition) is 4. The molecule has 18 heavy (non-hydrogen) atoms. The molecule has 5 heteroatoms. The van der Waals surface area contributed by atoms with Crippen molar-refractivity contribution >= 4 is 5.91 Å². The van der Waals surface area contributed by atoms with Gasteiger partial charge in [0.05, 0.1) is 6.61 Å². The van der Waals surface area contributed by atoms with E-state index in [0.29, 0.717) is 38.5 Å². The number of nitrogens with two attached hydrogens (primary N) is 1. The van der Waals surface area contributed by atoms with Crippen LogP contribution in [0.4, 0.5) is 0 Å². The van der Waals surface area contributed by atoms with Gasteiger partial charge in [-0.25, -0.2) is 0 Å². The Morgan fingerprint density at radius 3 is 2.78 bits per heavy atom. The van der Waals surface area contributed by atoms with E-state index < -0.39 is 5.60 Å². The van der Waals surface area contributed by atoms with Crippen molar-refractivity contribution in [2.45, 2.75) is 38.7 Å². The third-order valence-electron chi connectivity index (χ3n) is 3.31. The Hall–Kier alpha value is -0.650. The third kappa shape index (κ3) is 5.33. The lowest BCUT2D eigenvalue weighted by molar-refractivity contribution is -0.123. The standard InChI is InChI=1S/C13H26N2O3/c1-10(2)5-11(7-14)6-12(16)15-8-13(17)3-4-18-9-13/h10-11,17H,3-9,14H2,1-2H3,(H,15,16). The fourth-order valence-electron chi connectivity index (χ4n) is 2.26. The van der Waals surface area contributed by atoms with Crippen molar-refractivity contribution in [2.75, 3.05) is 26.3 Å². The van der Waals surface area contributed by atoms with Gasteiger partial charge in [0.15, 0.2) is 0 Å². The number of hydrogen-bond donors (Lipinski definition) is 3. The maximum atomic E-state index is 11.8. The molecule has 1 aliphatic heterocycles. The summed E-state index contributed by atoms with van der Waals surface area (Å²) >= 11 is 0. The molecule has 2 atom stereocenters. The van der Waals surface area contributed by atoms with E-state index in [4.69, 9.17) is 10.5 Å². The summed E-state index contributed by atoms with van der Waals surface area (Å²) in [5.41, 5.74) is 4.78. The van der Waals surface area contributed by atoms with Gasteiger partial charge in [0.25, 0.3) is 0 Å². The molecule has 0 saturated carbocycles. The fraction of sp³-hybridized carbons (Fsp3) is 0.923. The average molecular weight is 258 g/mol. The molecule has 1 heterocycles. The van der Waals surface area contributed by atoms with Crippen LogP contribution in [0.25, 0.3) is 0 Å². The Morgan fingerprint density at radius 2 is 2.28 bits per heavy atom. The molecule has 1 rings (SSSR count). The van der Waals surface area contributed by atoms with E-state index in [0.717, 1.165) is 6.42 Å². The minimum absolute atomic E-state index is 0.0357. The molecule has 1 saturated heterocycles. The smallest absolute Gasteiger partial charge is 0.220 e. The van der Waals surface area contributed by atoms with Crippen LogP contribution in [0.1, 0.15) is 33.1 Å². The molecular weight excluding hydrogens is 232 g/mol. The van der Waals surface area contributed by atoms with Crippen LogP contribution in [0.2, 0.25) is 0 Å². The minimum atomic E-state index is -0.883. The van der Waals surface area contributed by atoms with E-state index in [2.05, 4.69) is 19.2 Å². The van der Waals surface area contributed by atoms with Gasteiger partial charge in [0, 0.05) is 26.0 Å². The molecular formula is C13H26N2O3. The summed E-state index contributed by atoms with van der Waals surface area (Å²) in [5, 5.41) is 12.8. The van der Waals surface area contributed by atoms with E-state index in [-0.39, 0.29) is 18.4 Å². The Bertz CT molecular complexity index is 263. The van der Waals surface area contributed by atoms with Crippen LogP contribution < -0.4 is 11.1 Å². The molecule has 0 spiro atoms. The van der Waals surface area contributed by atoms with E-state index in [1.165, 1.54) is 0 Å². The summed E-state index contributed by atoms with van der Waals surface area (Å²) in [6.07, 6.45) is 1.97. The summed E-state index contributed by atoms with van der Waals surface area (Å²) in [4.78, 5) is 11.8. The normalized spacial score (nSPS) is 25.4. The Morgan fingerprint density at radius 1 is 1.56 bits per heavy atom. The highest BCUT2D eigenvalue weighted by Crippen LogP contribution is 2.18. The van der Waals surface area contributed by atoms with Crippen molar-refractivity contribution in [1.29, 1.82) is 0 Å². The van der Waals surface area contributed by atoms with Gasteiger partial charge < -0.3 is 20.9 Å². The van der Waals surface area contributed by atoms with Crippen molar-refractivity contribution in [3.05, 3.63) is 0 Å². The van der Waals surface area contributed by atoms with Crippen LogP contribution in [-0.2, 0) is 9.53 Å². The number of carbonyl (C=O) groups excluding carboxylic acids is 1. The number of nitrogens with one attached hydrogen (secondary N) is 1. The van der Waals surface area contributed by atoms with E-state index >= 15 is 0 Å². The highest BCUT2D eigenvalue weighted by molar-refractivity contribution is 5.76. The van der Waals surface area contributed by atoms with Crippen LogP contribution in [0.3, 0.4) is 0 Å². The van der Waals surface area contributed by atoms with Crippen molar-refractivity contribution in [3.63, 3.8) is 0 Å². The lowest BCUT2D eigenvalue weighted by Gasteiger charge is -2.22. The van der Waals surface area contributed by atoms with Crippen molar-refractivity contribution in [2.24, 2.45) is 17.6 Å². The average Bonchev–Trinajstić information content (AvgIpc) is 2.73. The molecule has 0 aromatic carbocycles. The van der Waals surface area contributed by atoms with Gasteiger partial charge in [-0.05, 0) is 24.8 Å². The van der Waals surface area contributed by atoms with Crippen molar-refractivity contribution < 1.29 is 14.6 Å². The first-order valence-electron chi connectivity index (χ1n) is 6.72. The Labute approximate surface area is 109 Å². The van der Waals surface area contributed by atoms with E-state index in [1.54, 1.807) is 0 Å². The number of ether oxygens (including phenoxy) is 1. The summed E-state index contributed by atoms with van der Waals surface area (Å²) in [7, 11) is 0. The predicted octanol–water partition coefficient (Wildman–Crippen LogP) is 0.265. The second-order valence-electron chi connectivity index (χ2n) is 5.74. The van der Waals surface area contributed by atoms with Gasteiger partial charge in [0.1, 0.15) is 5.60 Å². The molecule has 1 amide bonds. The van der Waals surface area contributed by atoms with Crippen LogP contribution in [0, 0.1) is 11.8 Å². The maximum absolute atomic E-state index is 11.8. The molecule has 0 aromatic heterocycles. The zero-order chi connectivity index (χ0) is 13.6. The van der Waals surface area contributed by atoms with Crippen LogP contribution >= 0.6 is 0 Å². The predicted molar refractivity (Wildman–Crippen MR) is 70.0 cm³/mol.